The lowest BCUT2D eigenvalue weighted by molar-refractivity contribution is 0.477. The molecule has 0 fully saturated rings. The molecule has 4 heteroatoms. The molecule has 0 unspecified atom stereocenters. The summed E-state index contributed by atoms with van der Waals surface area (Å²) in [7, 11) is 0. The van der Waals surface area contributed by atoms with Gasteiger partial charge < -0.3 is 5.11 Å². The van der Waals surface area contributed by atoms with E-state index < -0.39 is 0 Å². The maximum absolute atomic E-state index is 9.95. The van der Waals surface area contributed by atoms with Crippen LogP contribution in [0.3, 0.4) is 0 Å². The van der Waals surface area contributed by atoms with Crippen LogP contribution < -0.4 is 0 Å². The Kier molecular flexibility index (Phi) is 2.80. The molecule has 2 nitrogen and oxygen atoms in total. The Morgan fingerprint density at radius 1 is 1.00 bits per heavy atom. The normalized spacial score (nSPS) is 11.0. The molecule has 0 aliphatic heterocycles. The fourth-order valence-electron chi connectivity index (χ4n) is 2.06. The summed E-state index contributed by atoms with van der Waals surface area (Å²) in [5.41, 5.74) is 2.37. The molecule has 0 amide bonds. The number of aromatic nitrogens is 1. The van der Waals surface area contributed by atoms with Crippen molar-refractivity contribution in [1.82, 2.24) is 4.09 Å². The summed E-state index contributed by atoms with van der Waals surface area (Å²) in [4.78, 5) is 0. The Morgan fingerprint density at radius 2 is 1.67 bits per heavy atom. The van der Waals surface area contributed by atoms with Crippen LogP contribution in [0.2, 0.25) is 0 Å². The first-order chi connectivity index (χ1) is 8.70. The van der Waals surface area contributed by atoms with E-state index in [0.29, 0.717) is 5.56 Å². The number of benzene rings is 2. The van der Waals surface area contributed by atoms with Gasteiger partial charge in [-0.15, -0.1) is 0 Å². The summed E-state index contributed by atoms with van der Waals surface area (Å²) in [6.45, 7) is 0. The molecule has 1 N–H and O–H groups in total. The van der Waals surface area contributed by atoms with E-state index >= 15 is 0 Å². The van der Waals surface area contributed by atoms with Crippen LogP contribution >= 0.6 is 27.7 Å². The first-order valence-corrected chi connectivity index (χ1v) is 6.56. The van der Waals surface area contributed by atoms with Crippen LogP contribution in [0, 0.1) is 0 Å². The monoisotopic (exact) mass is 321 g/mol. The van der Waals surface area contributed by atoms with Crippen molar-refractivity contribution in [3.05, 3.63) is 53.0 Å². The SMILES string of the molecule is Oc1ccccc1-c1c(Br)c2ccccc2n1Cl. The molecule has 90 valence electrons. The van der Waals surface area contributed by atoms with Crippen molar-refractivity contribution >= 4 is 38.6 Å². The zero-order valence-corrected chi connectivity index (χ0v) is 11.6. The van der Waals surface area contributed by atoms with Gasteiger partial charge in [0, 0.05) is 22.7 Å². The molecule has 0 bridgehead atoms. The molecule has 3 rings (SSSR count). The smallest absolute Gasteiger partial charge is 0.124 e. The van der Waals surface area contributed by atoms with E-state index in [2.05, 4.69) is 15.9 Å². The fourth-order valence-corrected chi connectivity index (χ4v) is 3.21. The lowest BCUT2D eigenvalue weighted by Gasteiger charge is -2.05. The van der Waals surface area contributed by atoms with Crippen LogP contribution in [-0.2, 0) is 0 Å². The Hall–Kier alpha value is -1.45. The number of para-hydroxylation sites is 2. The number of nitrogens with zero attached hydrogens (tertiary/aromatic N) is 1. The van der Waals surface area contributed by atoms with E-state index in [9.17, 15) is 5.11 Å². The van der Waals surface area contributed by atoms with E-state index in [1.54, 1.807) is 16.2 Å². The van der Waals surface area contributed by atoms with E-state index in [-0.39, 0.29) is 5.75 Å². The number of rotatable bonds is 1. The largest absolute Gasteiger partial charge is 0.507 e. The maximum atomic E-state index is 9.95. The van der Waals surface area contributed by atoms with E-state index in [1.807, 2.05) is 36.4 Å². The Morgan fingerprint density at radius 3 is 2.39 bits per heavy atom. The minimum absolute atomic E-state index is 0.211. The van der Waals surface area contributed by atoms with E-state index in [0.717, 1.165) is 21.1 Å². The zero-order valence-electron chi connectivity index (χ0n) is 9.27. The Labute approximate surface area is 118 Å². The van der Waals surface area contributed by atoms with Crippen LogP contribution in [0.25, 0.3) is 22.2 Å². The van der Waals surface area contributed by atoms with Crippen molar-refractivity contribution in [2.75, 3.05) is 0 Å². The van der Waals surface area contributed by atoms with Gasteiger partial charge in [0.1, 0.15) is 5.75 Å². The van der Waals surface area contributed by atoms with Gasteiger partial charge in [-0.3, -0.25) is 4.09 Å². The van der Waals surface area contributed by atoms with Crippen LogP contribution in [0.1, 0.15) is 0 Å². The second-order valence-corrected chi connectivity index (χ2v) is 5.11. The highest BCUT2D eigenvalue weighted by Gasteiger charge is 2.17. The summed E-state index contributed by atoms with van der Waals surface area (Å²) >= 11 is 9.90. The van der Waals surface area contributed by atoms with Crippen LogP contribution in [-0.4, -0.2) is 9.19 Å². The predicted octanol–water partition coefficient (Wildman–Crippen LogP) is 4.78. The molecular weight excluding hydrogens is 314 g/mol. The van der Waals surface area contributed by atoms with Gasteiger partial charge >= 0.3 is 0 Å². The Bertz CT molecular complexity index is 697. The fraction of sp³-hybridized carbons (Fsp3) is 0. The molecule has 1 aromatic heterocycles. The summed E-state index contributed by atoms with van der Waals surface area (Å²) < 4.78 is 2.45. The van der Waals surface area contributed by atoms with Gasteiger partial charge in [-0.2, -0.15) is 0 Å². The summed E-state index contributed by atoms with van der Waals surface area (Å²) in [6.07, 6.45) is 0. The van der Waals surface area contributed by atoms with Gasteiger partial charge in [-0.1, -0.05) is 30.3 Å². The average molecular weight is 323 g/mol. The van der Waals surface area contributed by atoms with Crippen molar-refractivity contribution in [2.24, 2.45) is 0 Å². The van der Waals surface area contributed by atoms with Gasteiger partial charge in [0.15, 0.2) is 0 Å². The molecule has 0 saturated heterocycles. The molecule has 3 aromatic rings. The van der Waals surface area contributed by atoms with Gasteiger partial charge in [0.05, 0.1) is 15.7 Å². The second kappa shape index (κ2) is 4.34. The molecule has 0 aliphatic carbocycles. The van der Waals surface area contributed by atoms with Gasteiger partial charge in [0.25, 0.3) is 0 Å². The molecule has 0 radical (unpaired) electrons. The van der Waals surface area contributed by atoms with Crippen molar-refractivity contribution in [3.8, 4) is 17.0 Å². The third-order valence-electron chi connectivity index (χ3n) is 2.92. The van der Waals surface area contributed by atoms with Crippen molar-refractivity contribution in [2.45, 2.75) is 0 Å². The summed E-state index contributed by atoms with van der Waals surface area (Å²) in [6, 6.07) is 15.0. The molecule has 0 aliphatic rings. The first-order valence-electron chi connectivity index (χ1n) is 5.43. The summed E-state index contributed by atoms with van der Waals surface area (Å²) in [5.74, 6) is 0.211. The number of fused-ring (bicyclic) bond motifs is 1. The quantitative estimate of drug-likeness (QED) is 0.685. The minimum Gasteiger partial charge on any atom is -0.507 e. The highest BCUT2D eigenvalue weighted by molar-refractivity contribution is 9.10. The topological polar surface area (TPSA) is 25.2 Å². The van der Waals surface area contributed by atoms with Crippen molar-refractivity contribution in [1.29, 1.82) is 0 Å². The second-order valence-electron chi connectivity index (χ2n) is 3.98. The van der Waals surface area contributed by atoms with Crippen LogP contribution in [0.5, 0.6) is 5.75 Å². The van der Waals surface area contributed by atoms with Crippen molar-refractivity contribution in [3.63, 3.8) is 0 Å². The molecule has 0 spiro atoms. The average Bonchev–Trinajstić information content (AvgIpc) is 2.64. The predicted molar refractivity (Wildman–Crippen MR) is 78.0 cm³/mol. The van der Waals surface area contributed by atoms with Crippen LogP contribution in [0.4, 0.5) is 0 Å². The number of halogens is 2. The first kappa shape index (κ1) is 11.6. The third-order valence-corrected chi connectivity index (χ3v) is 4.07. The van der Waals surface area contributed by atoms with Gasteiger partial charge in [-0.05, 0) is 34.1 Å². The highest BCUT2D eigenvalue weighted by Crippen LogP contribution is 2.41. The third kappa shape index (κ3) is 1.62. The van der Waals surface area contributed by atoms with Crippen molar-refractivity contribution < 1.29 is 5.11 Å². The maximum Gasteiger partial charge on any atom is 0.124 e. The number of phenolic OH excluding ortho intramolecular Hbond substituents is 1. The zero-order chi connectivity index (χ0) is 12.7. The number of aromatic hydroxyl groups is 1. The molecule has 0 atom stereocenters. The molecule has 0 saturated carbocycles. The number of hydrogen-bond acceptors (Lipinski definition) is 1. The minimum atomic E-state index is 0.211. The standard InChI is InChI=1S/C14H9BrClNO/c15-13-9-5-1-3-7-11(9)17(16)14(13)10-6-2-4-8-12(10)18/h1-8,18H. The van der Waals surface area contributed by atoms with Gasteiger partial charge in [-0.25, -0.2) is 0 Å². The summed E-state index contributed by atoms with van der Waals surface area (Å²) in [5, 5.41) is 11.0. The number of phenols is 1. The molecule has 18 heavy (non-hydrogen) atoms. The molecular formula is C14H9BrClNO. The van der Waals surface area contributed by atoms with Gasteiger partial charge in [0.2, 0.25) is 0 Å². The molecule has 2 aromatic carbocycles. The lowest BCUT2D eigenvalue weighted by Crippen LogP contribution is -1.86. The van der Waals surface area contributed by atoms with E-state index in [4.69, 9.17) is 11.8 Å². The molecule has 1 heterocycles. The Balaban J connectivity index is 2.40. The lowest BCUT2D eigenvalue weighted by atomic mass is 10.1. The number of hydrogen-bond donors (Lipinski definition) is 1. The van der Waals surface area contributed by atoms with E-state index in [1.165, 1.54) is 0 Å². The highest BCUT2D eigenvalue weighted by atomic mass is 79.9. The van der Waals surface area contributed by atoms with Crippen LogP contribution in [0.15, 0.2) is 53.0 Å².